The molecule has 4 amide bonds. The van der Waals surface area contributed by atoms with Crippen molar-refractivity contribution in [2.75, 3.05) is 77.9 Å². The zero-order valence-electron chi connectivity index (χ0n) is 40.2. The molecular weight excluding hydrogens is 867 g/mol. The number of benzene rings is 3. The first-order chi connectivity index (χ1) is 32.7. The monoisotopic (exact) mass is 931 g/mol. The van der Waals surface area contributed by atoms with Crippen molar-refractivity contribution in [3.63, 3.8) is 0 Å². The number of nitrogens with one attached hydrogen (secondary N) is 2. The third-order valence-electron chi connectivity index (χ3n) is 12.9. The Morgan fingerprint density at radius 1 is 0.926 bits per heavy atom. The number of rotatable bonds is 20. The smallest absolute Gasteiger partial charge is 0.260 e. The van der Waals surface area contributed by atoms with Crippen molar-refractivity contribution in [1.82, 2.24) is 24.9 Å². The fourth-order valence-corrected chi connectivity index (χ4v) is 8.67. The Bertz CT molecular complexity index is 2450. The van der Waals surface area contributed by atoms with E-state index >= 15 is 0 Å². The van der Waals surface area contributed by atoms with E-state index in [9.17, 15) is 19.2 Å². The Balaban J connectivity index is 0.985. The lowest BCUT2D eigenvalue weighted by molar-refractivity contribution is -0.127. The molecule has 17 heteroatoms. The van der Waals surface area contributed by atoms with Crippen LogP contribution in [0.25, 0.3) is 5.57 Å². The van der Waals surface area contributed by atoms with Crippen molar-refractivity contribution in [3.05, 3.63) is 96.9 Å². The molecule has 0 aromatic heterocycles. The molecule has 362 valence electrons. The Morgan fingerprint density at radius 3 is 2.22 bits per heavy atom. The van der Waals surface area contributed by atoms with E-state index in [-0.39, 0.29) is 61.0 Å². The Hall–Kier alpha value is -6.69. The highest BCUT2D eigenvalue weighted by Gasteiger charge is 2.52. The number of ether oxygens (including phenoxy) is 4. The summed E-state index contributed by atoms with van der Waals surface area (Å²) >= 11 is 0. The maximum atomic E-state index is 14.0. The summed E-state index contributed by atoms with van der Waals surface area (Å²) in [4.78, 5) is 67.9. The number of nitrogens with two attached hydrogens (primary N) is 1. The van der Waals surface area contributed by atoms with E-state index in [0.717, 1.165) is 49.4 Å². The Morgan fingerprint density at radius 2 is 1.59 bits per heavy atom. The van der Waals surface area contributed by atoms with Gasteiger partial charge in [0, 0.05) is 76.3 Å². The molecule has 0 bridgehead atoms. The summed E-state index contributed by atoms with van der Waals surface area (Å²) in [7, 11) is 6.90. The normalized spacial score (nSPS) is 19.8. The van der Waals surface area contributed by atoms with Gasteiger partial charge in [0.15, 0.2) is 23.0 Å². The molecule has 4 aliphatic rings. The molecule has 2 saturated heterocycles. The third kappa shape index (κ3) is 10.7. The van der Waals surface area contributed by atoms with E-state index in [1.165, 1.54) is 18.2 Å². The van der Waals surface area contributed by atoms with Gasteiger partial charge in [0.2, 0.25) is 11.8 Å². The molecule has 68 heavy (non-hydrogen) atoms. The molecule has 2 fully saturated rings. The largest absolute Gasteiger partial charge is 0.493 e. The van der Waals surface area contributed by atoms with Gasteiger partial charge in [-0.1, -0.05) is 38.6 Å². The molecule has 0 aliphatic carbocycles. The first-order valence-electron chi connectivity index (χ1n) is 23.1. The number of nitrogens with zero attached hydrogens (tertiary/aromatic N) is 6. The zero-order chi connectivity index (χ0) is 48.8. The van der Waals surface area contributed by atoms with Gasteiger partial charge in [-0.05, 0) is 67.9 Å². The first-order valence-corrected chi connectivity index (χ1v) is 23.1. The molecule has 4 heterocycles. The molecule has 0 radical (unpaired) electrons. The number of amides is 4. The molecule has 0 spiro atoms. The highest BCUT2D eigenvalue weighted by molar-refractivity contribution is 6.06. The van der Waals surface area contributed by atoms with Gasteiger partial charge in [0.25, 0.3) is 11.8 Å². The molecule has 17 nitrogen and oxygen atoms in total. The second-order valence-corrected chi connectivity index (χ2v) is 17.9. The lowest BCUT2D eigenvalue weighted by atomic mass is 10.0. The minimum atomic E-state index is -0.777. The Labute approximate surface area is 399 Å². The summed E-state index contributed by atoms with van der Waals surface area (Å²) in [5.41, 5.74) is 10.4. The lowest BCUT2D eigenvalue weighted by Gasteiger charge is -2.32. The highest BCUT2D eigenvalue weighted by atomic mass is 16.5. The van der Waals surface area contributed by atoms with E-state index in [1.807, 2.05) is 44.3 Å². The summed E-state index contributed by atoms with van der Waals surface area (Å²) in [6, 6.07) is 12.7. The van der Waals surface area contributed by atoms with E-state index in [2.05, 4.69) is 45.5 Å². The second-order valence-electron chi connectivity index (χ2n) is 17.9. The molecule has 3 aromatic rings. The van der Waals surface area contributed by atoms with Crippen LogP contribution in [0.1, 0.15) is 66.3 Å². The van der Waals surface area contributed by atoms with Gasteiger partial charge in [-0.2, -0.15) is 0 Å². The number of carbonyl (C=O) groups is 4. The number of hydrogen-bond acceptors (Lipinski definition) is 13. The predicted molar refractivity (Wildman–Crippen MR) is 264 cm³/mol. The number of anilines is 2. The number of methoxy groups -OCH3 is 2. The van der Waals surface area contributed by atoms with Gasteiger partial charge in [-0.3, -0.25) is 29.1 Å². The van der Waals surface area contributed by atoms with E-state index in [4.69, 9.17) is 29.7 Å². The zero-order valence-corrected chi connectivity index (χ0v) is 40.2. The van der Waals surface area contributed by atoms with Crippen LogP contribution in [0.15, 0.2) is 85.2 Å². The standard InChI is InChI=1S/C51H65N9O8/c1-10-13-40-49(58-20-18-56(6)19-21-58)60(40)41-28-45(43(66-9)26-38(41)50(63)57(7)11-2)68-23-12-22-67-44-27-39-37(25-42(44)65-8)51(64)59-30-34(24-36(59)29-53-39)33-14-16-35(17-15-33)55-47(61)32(5)54-48(62)46(52)31(3)4/h10-11,14-17,25-32,36,40,46,49H,1-2,12-13,18-24,52H2,3-9H3,(H,54,62)(H,55,61)/t32-,36-,40+,46-,49?,60?/m0/s1. The number of piperazine rings is 1. The number of likely N-dealkylation sites (N-methyl/N-ethyl adjacent to an activating group) is 1. The van der Waals surface area contributed by atoms with Gasteiger partial charge in [-0.15, -0.1) is 6.58 Å². The molecule has 5 atom stereocenters. The number of hydrogen-bond donors (Lipinski definition) is 3. The Kier molecular flexibility index (Phi) is 15.6. The summed E-state index contributed by atoms with van der Waals surface area (Å²) in [5, 5.41) is 5.50. The van der Waals surface area contributed by atoms with Crippen molar-refractivity contribution in [2.45, 2.75) is 70.4 Å². The number of aliphatic imine (C=N–C) groups is 1. The quantitative estimate of drug-likeness (QED) is 0.0736. The molecule has 4 N–H and O–H groups in total. The van der Waals surface area contributed by atoms with Gasteiger partial charge < -0.3 is 54.9 Å². The van der Waals surface area contributed by atoms with Crippen LogP contribution in [0.3, 0.4) is 0 Å². The van der Waals surface area contributed by atoms with Crippen molar-refractivity contribution in [1.29, 1.82) is 0 Å². The maximum Gasteiger partial charge on any atom is 0.260 e. The molecular formula is C51H65N9O8. The van der Waals surface area contributed by atoms with Crippen molar-refractivity contribution >= 4 is 52.5 Å². The summed E-state index contributed by atoms with van der Waals surface area (Å²) < 4.78 is 24.0. The van der Waals surface area contributed by atoms with Crippen molar-refractivity contribution in [3.8, 4) is 23.0 Å². The fraction of sp³-hybridized carbons (Fsp3) is 0.431. The number of carbonyl (C=O) groups excluding carboxylic acids is 4. The van der Waals surface area contributed by atoms with Crippen LogP contribution in [0, 0.1) is 5.92 Å². The predicted octanol–water partition coefficient (Wildman–Crippen LogP) is 5.50. The summed E-state index contributed by atoms with van der Waals surface area (Å²) in [6.45, 7) is 17.5. The van der Waals surface area contributed by atoms with E-state index in [0.29, 0.717) is 58.3 Å². The van der Waals surface area contributed by atoms with Gasteiger partial charge in [0.1, 0.15) is 12.2 Å². The van der Waals surface area contributed by atoms with Crippen LogP contribution < -0.4 is 40.2 Å². The molecule has 1 unspecified atom stereocenters. The van der Waals surface area contributed by atoms with Crippen LogP contribution >= 0.6 is 0 Å². The maximum absolute atomic E-state index is 14.0. The molecule has 7 rings (SSSR count). The average Bonchev–Trinajstić information content (AvgIpc) is 3.91. The first kappa shape index (κ1) is 49.2. The molecule has 4 aliphatic heterocycles. The summed E-state index contributed by atoms with van der Waals surface area (Å²) in [6.07, 6.45) is 8.96. The highest BCUT2D eigenvalue weighted by Crippen LogP contribution is 2.46. The third-order valence-corrected chi connectivity index (χ3v) is 12.9. The fourth-order valence-electron chi connectivity index (χ4n) is 8.67. The minimum absolute atomic E-state index is 0.0598. The van der Waals surface area contributed by atoms with Crippen LogP contribution in [0.4, 0.5) is 17.1 Å². The van der Waals surface area contributed by atoms with Crippen LogP contribution in [-0.2, 0) is 9.59 Å². The van der Waals surface area contributed by atoms with E-state index < -0.39 is 12.1 Å². The topological polar surface area (TPSA) is 184 Å². The summed E-state index contributed by atoms with van der Waals surface area (Å²) in [5.74, 6) is 0.549. The lowest BCUT2D eigenvalue weighted by Crippen LogP contribution is -2.50. The second kappa shape index (κ2) is 21.5. The van der Waals surface area contributed by atoms with Crippen molar-refractivity contribution < 1.29 is 38.1 Å². The van der Waals surface area contributed by atoms with Crippen molar-refractivity contribution in [2.24, 2.45) is 16.6 Å². The van der Waals surface area contributed by atoms with E-state index in [1.54, 1.807) is 62.5 Å². The molecule has 3 aromatic carbocycles. The van der Waals surface area contributed by atoms with Crippen LogP contribution in [-0.4, -0.2) is 147 Å². The van der Waals surface area contributed by atoms with Crippen LogP contribution in [0.5, 0.6) is 23.0 Å². The SMILES string of the molecule is C=CC[C@@H]1C(N2CCN(C)CC2)N1c1cc(OCCCOc2cc3c(cc2OC)C(=O)N2C=C(c4ccc(NC(=O)[C@H](C)NC(=O)[C@@H](N)C(C)C)cc4)C[C@H]2C=N3)c(OC)cc1C(=O)N(C)C=C. The number of fused-ring (bicyclic) bond motifs is 2. The van der Waals surface area contributed by atoms with Gasteiger partial charge >= 0.3 is 0 Å². The average molecular weight is 932 g/mol. The van der Waals surface area contributed by atoms with Crippen LogP contribution in [0.2, 0.25) is 0 Å². The minimum Gasteiger partial charge on any atom is -0.493 e. The molecule has 0 saturated carbocycles. The van der Waals surface area contributed by atoms with Gasteiger partial charge in [-0.25, -0.2) is 0 Å². The van der Waals surface area contributed by atoms with Gasteiger partial charge in [0.05, 0.1) is 68.1 Å².